The number of amides is 2. The standard InChI is InChI=1S/C23H25N3O4S/c1-25-10-11-26(22(27)9-8-18-15-21(29-2)24-30-18)19(23(25)28)14-16-5-3-6-17(13-16)20-7-4-12-31-20/h3-7,12-13,15,19H,8-11,14H2,1-2H3. The highest BCUT2D eigenvalue weighted by molar-refractivity contribution is 7.13. The first-order chi connectivity index (χ1) is 15.0. The maximum absolute atomic E-state index is 13.0. The van der Waals surface area contributed by atoms with Crippen molar-refractivity contribution in [1.29, 1.82) is 0 Å². The van der Waals surface area contributed by atoms with Crippen molar-refractivity contribution in [3.63, 3.8) is 0 Å². The molecule has 0 radical (unpaired) electrons. The van der Waals surface area contributed by atoms with Crippen molar-refractivity contribution in [3.8, 4) is 16.3 Å². The SMILES string of the molecule is COc1cc(CCC(=O)N2CCN(C)C(=O)C2Cc2cccc(-c3cccs3)c2)on1. The first-order valence-electron chi connectivity index (χ1n) is 10.2. The van der Waals surface area contributed by atoms with Crippen molar-refractivity contribution in [2.75, 3.05) is 27.2 Å². The fourth-order valence-electron chi connectivity index (χ4n) is 3.81. The average molecular weight is 440 g/mol. The van der Waals surface area contributed by atoms with E-state index < -0.39 is 6.04 Å². The molecule has 0 bridgehead atoms. The van der Waals surface area contributed by atoms with E-state index in [0.717, 1.165) is 11.1 Å². The summed E-state index contributed by atoms with van der Waals surface area (Å²) in [6.07, 6.45) is 1.15. The Kier molecular flexibility index (Phi) is 6.36. The molecule has 1 aromatic carbocycles. The molecule has 4 rings (SSSR count). The molecule has 0 N–H and O–H groups in total. The number of ether oxygens (including phenoxy) is 1. The van der Waals surface area contributed by atoms with Crippen LogP contribution in [0.5, 0.6) is 5.88 Å². The lowest BCUT2D eigenvalue weighted by Gasteiger charge is -2.39. The Bertz CT molecular complexity index is 1050. The van der Waals surface area contributed by atoms with Crippen LogP contribution in [-0.4, -0.2) is 60.1 Å². The van der Waals surface area contributed by atoms with Gasteiger partial charge in [-0.25, -0.2) is 0 Å². The number of piperazine rings is 1. The summed E-state index contributed by atoms with van der Waals surface area (Å²) in [7, 11) is 3.31. The molecular formula is C23H25N3O4S. The number of hydrogen-bond donors (Lipinski definition) is 0. The van der Waals surface area contributed by atoms with E-state index in [-0.39, 0.29) is 18.2 Å². The van der Waals surface area contributed by atoms with Gasteiger partial charge in [0.15, 0.2) is 0 Å². The molecule has 3 aromatic rings. The maximum Gasteiger partial charge on any atom is 0.254 e. The van der Waals surface area contributed by atoms with E-state index >= 15 is 0 Å². The predicted molar refractivity (Wildman–Crippen MR) is 118 cm³/mol. The molecule has 3 heterocycles. The van der Waals surface area contributed by atoms with Gasteiger partial charge in [0.25, 0.3) is 5.88 Å². The first kappa shape index (κ1) is 21.1. The third-order valence-corrected chi connectivity index (χ3v) is 6.45. The Morgan fingerprint density at radius 3 is 2.87 bits per heavy atom. The van der Waals surface area contributed by atoms with Gasteiger partial charge in [-0.2, -0.15) is 0 Å². The maximum atomic E-state index is 13.0. The van der Waals surface area contributed by atoms with Gasteiger partial charge >= 0.3 is 0 Å². The Hall–Kier alpha value is -3.13. The van der Waals surface area contributed by atoms with Crippen LogP contribution < -0.4 is 4.74 Å². The van der Waals surface area contributed by atoms with Crippen LogP contribution in [0.25, 0.3) is 10.4 Å². The van der Waals surface area contributed by atoms with Crippen LogP contribution >= 0.6 is 11.3 Å². The van der Waals surface area contributed by atoms with E-state index in [0.29, 0.717) is 37.6 Å². The zero-order valence-electron chi connectivity index (χ0n) is 17.6. The predicted octanol–water partition coefficient (Wildman–Crippen LogP) is 3.26. The van der Waals surface area contributed by atoms with E-state index in [4.69, 9.17) is 9.26 Å². The van der Waals surface area contributed by atoms with Crippen LogP contribution in [0.4, 0.5) is 0 Å². The smallest absolute Gasteiger partial charge is 0.254 e. The summed E-state index contributed by atoms with van der Waals surface area (Å²) < 4.78 is 10.2. The van der Waals surface area contributed by atoms with Crippen LogP contribution in [0.2, 0.25) is 0 Å². The number of aryl methyl sites for hydroxylation is 1. The van der Waals surface area contributed by atoms with Gasteiger partial charge in [-0.1, -0.05) is 30.3 Å². The van der Waals surface area contributed by atoms with E-state index in [1.165, 1.54) is 12.0 Å². The summed E-state index contributed by atoms with van der Waals surface area (Å²) in [6.45, 7) is 1.06. The van der Waals surface area contributed by atoms with Crippen molar-refractivity contribution in [3.05, 3.63) is 59.2 Å². The topological polar surface area (TPSA) is 75.9 Å². The van der Waals surface area contributed by atoms with Crippen LogP contribution in [0.3, 0.4) is 0 Å². The highest BCUT2D eigenvalue weighted by Crippen LogP contribution is 2.26. The van der Waals surface area contributed by atoms with Gasteiger partial charge in [0, 0.05) is 50.3 Å². The monoisotopic (exact) mass is 439 g/mol. The number of methoxy groups -OCH3 is 1. The molecule has 1 saturated heterocycles. The second-order valence-corrected chi connectivity index (χ2v) is 8.53. The summed E-state index contributed by atoms with van der Waals surface area (Å²) in [5, 5.41) is 5.81. The minimum absolute atomic E-state index is 0.0255. The molecule has 1 aliphatic heterocycles. The minimum Gasteiger partial charge on any atom is -0.479 e. The molecule has 1 aliphatic rings. The summed E-state index contributed by atoms with van der Waals surface area (Å²) in [4.78, 5) is 30.6. The quantitative estimate of drug-likeness (QED) is 0.565. The first-order valence-corrected chi connectivity index (χ1v) is 11.1. The van der Waals surface area contributed by atoms with Gasteiger partial charge in [0.2, 0.25) is 11.8 Å². The number of nitrogens with zero attached hydrogens (tertiary/aromatic N) is 3. The van der Waals surface area contributed by atoms with Crippen LogP contribution in [0.1, 0.15) is 17.7 Å². The van der Waals surface area contributed by atoms with Crippen molar-refractivity contribution in [2.24, 2.45) is 0 Å². The second kappa shape index (κ2) is 9.34. The Morgan fingerprint density at radius 1 is 1.26 bits per heavy atom. The molecular weight excluding hydrogens is 414 g/mol. The van der Waals surface area contributed by atoms with Crippen molar-refractivity contribution in [1.82, 2.24) is 15.0 Å². The zero-order chi connectivity index (χ0) is 21.8. The summed E-state index contributed by atoms with van der Waals surface area (Å²) >= 11 is 1.68. The molecule has 1 atom stereocenters. The molecule has 162 valence electrons. The number of benzene rings is 1. The molecule has 0 saturated carbocycles. The van der Waals surface area contributed by atoms with Crippen LogP contribution in [-0.2, 0) is 22.4 Å². The van der Waals surface area contributed by atoms with E-state index in [1.54, 1.807) is 34.3 Å². The highest BCUT2D eigenvalue weighted by atomic mass is 32.1. The third kappa shape index (κ3) is 4.80. The fraction of sp³-hybridized carbons (Fsp3) is 0.348. The molecule has 1 unspecified atom stereocenters. The Balaban J connectivity index is 1.48. The van der Waals surface area contributed by atoms with Crippen molar-refractivity contribution in [2.45, 2.75) is 25.3 Å². The molecule has 31 heavy (non-hydrogen) atoms. The molecule has 1 fully saturated rings. The van der Waals surface area contributed by atoms with Gasteiger partial charge in [-0.15, -0.1) is 11.3 Å². The van der Waals surface area contributed by atoms with Gasteiger partial charge in [-0.3, -0.25) is 9.59 Å². The molecule has 7 nitrogen and oxygen atoms in total. The second-order valence-electron chi connectivity index (χ2n) is 7.58. The molecule has 2 amide bonds. The van der Waals surface area contributed by atoms with Gasteiger partial charge < -0.3 is 19.1 Å². The minimum atomic E-state index is -0.505. The number of aromatic nitrogens is 1. The number of carbonyl (C=O) groups excluding carboxylic acids is 2. The molecule has 0 spiro atoms. The normalized spacial score (nSPS) is 16.6. The van der Waals surface area contributed by atoms with E-state index in [2.05, 4.69) is 23.4 Å². The summed E-state index contributed by atoms with van der Waals surface area (Å²) in [5.74, 6) is 0.894. The number of hydrogen-bond acceptors (Lipinski definition) is 6. The fourth-order valence-corrected chi connectivity index (χ4v) is 4.53. The average Bonchev–Trinajstić information content (AvgIpc) is 3.48. The summed E-state index contributed by atoms with van der Waals surface area (Å²) in [5.41, 5.74) is 2.17. The zero-order valence-corrected chi connectivity index (χ0v) is 18.4. The van der Waals surface area contributed by atoms with Crippen LogP contribution in [0, 0.1) is 0 Å². The lowest BCUT2D eigenvalue weighted by molar-refractivity contribution is -0.150. The van der Waals surface area contributed by atoms with E-state index in [9.17, 15) is 9.59 Å². The Morgan fingerprint density at radius 2 is 2.13 bits per heavy atom. The lowest BCUT2D eigenvalue weighted by Crippen LogP contribution is -2.58. The lowest BCUT2D eigenvalue weighted by atomic mass is 9.99. The third-order valence-electron chi connectivity index (χ3n) is 5.53. The molecule has 8 heteroatoms. The van der Waals surface area contributed by atoms with Gasteiger partial charge in [-0.05, 0) is 27.7 Å². The Labute approximate surface area is 185 Å². The van der Waals surface area contributed by atoms with Gasteiger partial charge in [0.05, 0.1) is 7.11 Å². The number of thiophene rings is 1. The van der Waals surface area contributed by atoms with Crippen molar-refractivity contribution >= 4 is 23.2 Å². The van der Waals surface area contributed by atoms with Crippen molar-refractivity contribution < 1.29 is 18.8 Å². The highest BCUT2D eigenvalue weighted by Gasteiger charge is 2.35. The van der Waals surface area contributed by atoms with Crippen LogP contribution in [0.15, 0.2) is 52.4 Å². The summed E-state index contributed by atoms with van der Waals surface area (Å²) in [6, 6.07) is 13.5. The number of rotatable bonds is 7. The number of likely N-dealkylation sites (N-methyl/N-ethyl adjacent to an activating group) is 1. The van der Waals surface area contributed by atoms with Gasteiger partial charge in [0.1, 0.15) is 11.8 Å². The molecule has 2 aromatic heterocycles. The number of carbonyl (C=O) groups is 2. The van der Waals surface area contributed by atoms with E-state index in [1.807, 2.05) is 23.6 Å². The molecule has 0 aliphatic carbocycles. The largest absolute Gasteiger partial charge is 0.479 e.